The third-order valence-electron chi connectivity index (χ3n) is 3.51. The highest BCUT2D eigenvalue weighted by Crippen LogP contribution is 2.34. The van der Waals surface area contributed by atoms with Gasteiger partial charge in [0, 0.05) is 16.8 Å². The molecular weight excluding hydrogens is 318 g/mol. The lowest BCUT2D eigenvalue weighted by molar-refractivity contribution is -0.137. The van der Waals surface area contributed by atoms with E-state index in [0.717, 1.165) is 36.7 Å². The summed E-state index contributed by atoms with van der Waals surface area (Å²) in [7, 11) is 0. The number of rotatable bonds is 2. The zero-order valence-electron chi connectivity index (χ0n) is 11.3. The molecule has 0 radical (unpaired) electrons. The molecule has 0 unspecified atom stereocenters. The molecule has 2 heterocycles. The van der Waals surface area contributed by atoms with Crippen molar-refractivity contribution >= 4 is 60.8 Å². The van der Waals surface area contributed by atoms with Crippen LogP contribution in [0.1, 0.15) is 5.01 Å². The Morgan fingerprint density at radius 3 is 2.95 bits per heavy atom. The number of aromatic nitrogens is 1. The van der Waals surface area contributed by atoms with Crippen LogP contribution in [0.25, 0.3) is 21.0 Å². The molecule has 0 bridgehead atoms. The van der Waals surface area contributed by atoms with E-state index >= 15 is 0 Å². The van der Waals surface area contributed by atoms with Crippen LogP contribution in [-0.2, 0) is 4.79 Å². The van der Waals surface area contributed by atoms with Gasteiger partial charge in [0.25, 0.3) is 0 Å². The second-order valence-electron chi connectivity index (χ2n) is 5.01. The second-order valence-corrected chi connectivity index (χ2v) is 7.02. The van der Waals surface area contributed by atoms with Crippen molar-refractivity contribution in [1.82, 2.24) is 4.98 Å². The molecule has 1 aliphatic rings. The summed E-state index contributed by atoms with van der Waals surface area (Å²) in [6.45, 7) is 0. The number of hydrogen-bond donors (Lipinski definition) is 2. The van der Waals surface area contributed by atoms with E-state index in [-0.39, 0.29) is 0 Å². The van der Waals surface area contributed by atoms with E-state index in [2.05, 4.69) is 9.98 Å². The van der Waals surface area contributed by atoms with Crippen molar-refractivity contribution in [1.29, 1.82) is 0 Å². The van der Waals surface area contributed by atoms with Crippen molar-refractivity contribution in [2.45, 2.75) is 6.04 Å². The molecule has 3 aromatic rings. The minimum absolute atomic E-state index is 0.470. The van der Waals surface area contributed by atoms with Gasteiger partial charge in [-0.3, -0.25) is 4.99 Å². The summed E-state index contributed by atoms with van der Waals surface area (Å²) in [5.41, 5.74) is 7.46. The summed E-state index contributed by atoms with van der Waals surface area (Å²) in [4.78, 5) is 19.9. The van der Waals surface area contributed by atoms with E-state index in [1.54, 1.807) is 11.3 Å². The van der Waals surface area contributed by atoms with Gasteiger partial charge >= 0.3 is 5.97 Å². The summed E-state index contributed by atoms with van der Waals surface area (Å²) in [6, 6.07) is 9.12. The first kappa shape index (κ1) is 13.5. The van der Waals surface area contributed by atoms with Gasteiger partial charge in [-0.2, -0.15) is 0 Å². The Bertz CT molecular complexity index is 949. The number of hydrogen-bond acceptors (Lipinski definition) is 6. The monoisotopic (exact) mass is 329 g/mol. The number of benzene rings is 2. The average molecular weight is 329 g/mol. The van der Waals surface area contributed by atoms with Gasteiger partial charge in [-0.05, 0) is 23.6 Å². The lowest BCUT2D eigenvalue weighted by atomic mass is 10.1. The number of carboxylic acids is 1. The van der Waals surface area contributed by atoms with Crippen LogP contribution in [0.15, 0.2) is 35.3 Å². The molecule has 0 fully saturated rings. The Morgan fingerprint density at radius 2 is 2.18 bits per heavy atom. The highest BCUT2D eigenvalue weighted by Gasteiger charge is 2.27. The van der Waals surface area contributed by atoms with Crippen molar-refractivity contribution in [3.8, 4) is 0 Å². The molecule has 4 rings (SSSR count). The Morgan fingerprint density at radius 1 is 1.32 bits per heavy atom. The number of nitrogen functional groups attached to an aromatic ring is 1. The summed E-state index contributed by atoms with van der Waals surface area (Å²) in [6.07, 6.45) is 0. The molecule has 0 aliphatic carbocycles. The Hall–Kier alpha value is -2.12. The molecule has 0 saturated carbocycles. The number of aliphatic carboxylic acids is 1. The molecule has 1 atom stereocenters. The SMILES string of the molecule is Nc1ccc2c(ccc3nc(C4=N[C@@H](C(=O)O)CS4)sc32)c1. The Kier molecular flexibility index (Phi) is 3.05. The van der Waals surface area contributed by atoms with E-state index in [1.807, 2.05) is 30.3 Å². The quantitative estimate of drug-likeness (QED) is 0.706. The summed E-state index contributed by atoms with van der Waals surface area (Å²) in [5.74, 6) is -0.415. The molecule has 0 saturated heterocycles. The van der Waals surface area contributed by atoms with Crippen LogP contribution < -0.4 is 5.73 Å². The van der Waals surface area contributed by atoms with E-state index < -0.39 is 12.0 Å². The zero-order valence-corrected chi connectivity index (χ0v) is 12.9. The van der Waals surface area contributed by atoms with E-state index in [0.29, 0.717) is 5.75 Å². The van der Waals surface area contributed by atoms with Crippen molar-refractivity contribution in [2.75, 3.05) is 11.5 Å². The smallest absolute Gasteiger partial charge is 0.329 e. The molecule has 5 nitrogen and oxygen atoms in total. The van der Waals surface area contributed by atoms with Gasteiger partial charge in [-0.25, -0.2) is 9.78 Å². The number of aliphatic imine (C=N–C) groups is 1. The first-order valence-electron chi connectivity index (χ1n) is 6.64. The summed E-state index contributed by atoms with van der Waals surface area (Å²) < 4.78 is 1.08. The minimum atomic E-state index is -0.885. The zero-order chi connectivity index (χ0) is 15.3. The predicted molar refractivity (Wildman–Crippen MR) is 92.0 cm³/mol. The lowest BCUT2D eigenvalue weighted by Crippen LogP contribution is -2.17. The van der Waals surface area contributed by atoms with E-state index in [1.165, 1.54) is 11.8 Å². The standard InChI is InChI=1S/C15H11N3O2S2/c16-8-2-3-9-7(5-8)1-4-10-12(9)22-14(17-10)13-18-11(6-21-13)15(19)20/h1-5,11H,6,16H2,(H,19,20)/t11-/m1/s1. The van der Waals surface area contributed by atoms with Crippen molar-refractivity contribution in [3.63, 3.8) is 0 Å². The second kappa shape index (κ2) is 4.96. The molecule has 1 aromatic heterocycles. The van der Waals surface area contributed by atoms with E-state index in [9.17, 15) is 4.79 Å². The topological polar surface area (TPSA) is 88.6 Å². The number of fused-ring (bicyclic) bond motifs is 3. The third-order valence-corrected chi connectivity index (χ3v) is 5.81. The Labute approximate surface area is 133 Å². The van der Waals surface area contributed by atoms with Crippen LogP contribution in [0.2, 0.25) is 0 Å². The van der Waals surface area contributed by atoms with Crippen LogP contribution in [0.5, 0.6) is 0 Å². The molecule has 3 N–H and O–H groups in total. The van der Waals surface area contributed by atoms with Crippen LogP contribution in [-0.4, -0.2) is 32.9 Å². The summed E-state index contributed by atoms with van der Waals surface area (Å²) >= 11 is 3.00. The fourth-order valence-electron chi connectivity index (χ4n) is 2.44. The van der Waals surface area contributed by atoms with Gasteiger partial charge < -0.3 is 10.8 Å². The molecule has 22 heavy (non-hydrogen) atoms. The minimum Gasteiger partial charge on any atom is -0.480 e. The molecule has 7 heteroatoms. The fourth-order valence-corrected chi connectivity index (χ4v) is 4.64. The number of thiazole rings is 1. The van der Waals surface area contributed by atoms with Crippen molar-refractivity contribution in [3.05, 3.63) is 35.3 Å². The number of anilines is 1. The van der Waals surface area contributed by atoms with E-state index in [4.69, 9.17) is 10.8 Å². The van der Waals surface area contributed by atoms with Gasteiger partial charge in [0.2, 0.25) is 0 Å². The summed E-state index contributed by atoms with van der Waals surface area (Å²) in [5, 5.41) is 12.7. The number of thioether (sulfide) groups is 1. The first-order valence-corrected chi connectivity index (χ1v) is 8.44. The van der Waals surface area contributed by atoms with Crippen molar-refractivity contribution in [2.24, 2.45) is 4.99 Å². The van der Waals surface area contributed by atoms with Gasteiger partial charge in [-0.15, -0.1) is 23.1 Å². The van der Waals surface area contributed by atoms with Gasteiger partial charge in [0.15, 0.2) is 6.04 Å². The normalized spacial score (nSPS) is 18.0. The van der Waals surface area contributed by atoms with Crippen LogP contribution in [0.4, 0.5) is 5.69 Å². The maximum atomic E-state index is 11.0. The van der Waals surface area contributed by atoms with Gasteiger partial charge in [0.1, 0.15) is 10.1 Å². The highest BCUT2D eigenvalue weighted by atomic mass is 32.2. The average Bonchev–Trinajstić information content (AvgIpc) is 3.13. The van der Waals surface area contributed by atoms with Crippen LogP contribution in [0.3, 0.4) is 0 Å². The van der Waals surface area contributed by atoms with Crippen LogP contribution >= 0.6 is 23.1 Å². The highest BCUT2D eigenvalue weighted by molar-refractivity contribution is 8.15. The number of nitrogens with two attached hydrogens (primary N) is 1. The van der Waals surface area contributed by atoms with Crippen LogP contribution in [0, 0.1) is 0 Å². The third kappa shape index (κ3) is 2.13. The number of carboxylic acid groups (broad SMARTS) is 1. The molecule has 2 aromatic carbocycles. The van der Waals surface area contributed by atoms with Crippen molar-refractivity contribution < 1.29 is 9.90 Å². The Balaban J connectivity index is 1.86. The maximum absolute atomic E-state index is 11.0. The number of nitrogens with zero attached hydrogens (tertiary/aromatic N) is 2. The molecule has 0 amide bonds. The predicted octanol–water partition coefficient (Wildman–Crippen LogP) is 2.98. The lowest BCUT2D eigenvalue weighted by Gasteiger charge is -1.99. The number of carbonyl (C=O) groups is 1. The van der Waals surface area contributed by atoms with Gasteiger partial charge in [-0.1, -0.05) is 12.1 Å². The van der Waals surface area contributed by atoms with Gasteiger partial charge in [0.05, 0.1) is 10.2 Å². The largest absolute Gasteiger partial charge is 0.480 e. The maximum Gasteiger partial charge on any atom is 0.329 e. The molecule has 110 valence electrons. The molecule has 1 aliphatic heterocycles. The molecular formula is C15H11N3O2S2. The molecule has 0 spiro atoms. The first-order chi connectivity index (χ1) is 10.6. The fraction of sp³-hybridized carbons (Fsp3) is 0.133.